The van der Waals surface area contributed by atoms with E-state index in [0.29, 0.717) is 0 Å². The van der Waals surface area contributed by atoms with E-state index in [0.717, 1.165) is 11.4 Å². The molecule has 0 fully saturated rings. The number of anilines is 2. The first kappa shape index (κ1) is 10.6. The lowest BCUT2D eigenvalue weighted by atomic mass is 10.2. The lowest BCUT2D eigenvalue weighted by Crippen LogP contribution is -2.09. The van der Waals surface area contributed by atoms with Crippen LogP contribution >= 0.6 is 0 Å². The minimum atomic E-state index is -0.267. The van der Waals surface area contributed by atoms with Crippen LogP contribution in [0.4, 0.5) is 20.2 Å². The fourth-order valence-electron chi connectivity index (χ4n) is 1.48. The topological polar surface area (TPSA) is 3.24 Å². The van der Waals surface area contributed by atoms with Crippen molar-refractivity contribution >= 4 is 11.4 Å². The van der Waals surface area contributed by atoms with Gasteiger partial charge in [0.15, 0.2) is 0 Å². The highest BCUT2D eigenvalue weighted by atomic mass is 19.1. The molecule has 0 saturated heterocycles. The van der Waals surface area contributed by atoms with Crippen LogP contribution in [-0.2, 0) is 0 Å². The van der Waals surface area contributed by atoms with Crippen LogP contribution in [0.3, 0.4) is 0 Å². The molecule has 0 aromatic heterocycles. The SMILES string of the molecule is CN(c1ccc(F)cc1)c1ccc(F)cc1. The first-order chi connectivity index (χ1) is 7.66. The van der Waals surface area contributed by atoms with Crippen molar-refractivity contribution in [1.29, 1.82) is 0 Å². The van der Waals surface area contributed by atoms with Gasteiger partial charge in [0.2, 0.25) is 0 Å². The summed E-state index contributed by atoms with van der Waals surface area (Å²) in [7, 11) is 1.85. The van der Waals surface area contributed by atoms with Crippen LogP contribution in [0, 0.1) is 11.6 Å². The van der Waals surface area contributed by atoms with Gasteiger partial charge in [-0.3, -0.25) is 0 Å². The molecular weight excluding hydrogens is 208 g/mol. The number of benzene rings is 2. The average molecular weight is 219 g/mol. The third-order valence-corrected chi connectivity index (χ3v) is 2.43. The van der Waals surface area contributed by atoms with E-state index >= 15 is 0 Å². The van der Waals surface area contributed by atoms with Gasteiger partial charge in [-0.15, -0.1) is 0 Å². The summed E-state index contributed by atoms with van der Waals surface area (Å²) in [6, 6.07) is 12.3. The van der Waals surface area contributed by atoms with E-state index in [1.807, 2.05) is 11.9 Å². The first-order valence-corrected chi connectivity index (χ1v) is 4.92. The molecule has 0 spiro atoms. The van der Waals surface area contributed by atoms with Gasteiger partial charge in [-0.2, -0.15) is 0 Å². The van der Waals surface area contributed by atoms with Gasteiger partial charge in [-0.1, -0.05) is 0 Å². The molecule has 0 radical (unpaired) electrons. The zero-order valence-electron chi connectivity index (χ0n) is 8.82. The maximum atomic E-state index is 12.7. The zero-order chi connectivity index (χ0) is 11.5. The van der Waals surface area contributed by atoms with Crippen LogP contribution in [-0.4, -0.2) is 7.05 Å². The minimum absolute atomic E-state index is 0.267. The van der Waals surface area contributed by atoms with Crippen molar-refractivity contribution in [3.05, 3.63) is 60.2 Å². The summed E-state index contributed by atoms with van der Waals surface area (Å²) in [5.74, 6) is -0.535. The summed E-state index contributed by atoms with van der Waals surface area (Å²) in [6.45, 7) is 0. The third kappa shape index (κ3) is 2.19. The van der Waals surface area contributed by atoms with E-state index in [9.17, 15) is 8.78 Å². The van der Waals surface area contributed by atoms with Gasteiger partial charge >= 0.3 is 0 Å². The second kappa shape index (κ2) is 4.31. The number of halogens is 2. The number of hydrogen-bond donors (Lipinski definition) is 0. The summed E-state index contributed by atoms with van der Waals surface area (Å²) in [6.07, 6.45) is 0. The average Bonchev–Trinajstić information content (AvgIpc) is 2.30. The van der Waals surface area contributed by atoms with E-state index in [1.165, 1.54) is 24.3 Å². The predicted octanol–water partition coefficient (Wildman–Crippen LogP) is 3.73. The Hall–Kier alpha value is -1.90. The van der Waals surface area contributed by atoms with E-state index in [2.05, 4.69) is 0 Å². The quantitative estimate of drug-likeness (QED) is 0.743. The molecule has 16 heavy (non-hydrogen) atoms. The molecule has 2 aromatic carbocycles. The normalized spacial score (nSPS) is 10.2. The molecule has 0 unspecified atom stereocenters. The minimum Gasteiger partial charge on any atom is -0.345 e. The monoisotopic (exact) mass is 219 g/mol. The second-order valence-electron chi connectivity index (χ2n) is 3.51. The van der Waals surface area contributed by atoms with Crippen molar-refractivity contribution in [2.45, 2.75) is 0 Å². The Morgan fingerprint density at radius 3 is 1.31 bits per heavy atom. The molecule has 0 N–H and O–H groups in total. The Bertz CT molecular complexity index is 417. The zero-order valence-corrected chi connectivity index (χ0v) is 8.82. The van der Waals surface area contributed by atoms with Crippen LogP contribution in [0.25, 0.3) is 0 Å². The van der Waals surface area contributed by atoms with Crippen molar-refractivity contribution in [2.24, 2.45) is 0 Å². The highest BCUT2D eigenvalue weighted by Crippen LogP contribution is 2.23. The summed E-state index contributed by atoms with van der Waals surface area (Å²) >= 11 is 0. The van der Waals surface area contributed by atoms with Crippen molar-refractivity contribution in [3.8, 4) is 0 Å². The summed E-state index contributed by atoms with van der Waals surface area (Å²) < 4.78 is 25.5. The van der Waals surface area contributed by atoms with E-state index < -0.39 is 0 Å². The highest BCUT2D eigenvalue weighted by molar-refractivity contribution is 5.61. The first-order valence-electron chi connectivity index (χ1n) is 4.92. The van der Waals surface area contributed by atoms with Gasteiger partial charge in [0.25, 0.3) is 0 Å². The largest absolute Gasteiger partial charge is 0.345 e. The number of rotatable bonds is 2. The molecule has 2 aromatic rings. The van der Waals surface area contributed by atoms with Crippen LogP contribution in [0.15, 0.2) is 48.5 Å². The van der Waals surface area contributed by atoms with E-state index in [1.54, 1.807) is 24.3 Å². The Balaban J connectivity index is 2.28. The van der Waals surface area contributed by atoms with Gasteiger partial charge in [-0.05, 0) is 48.5 Å². The van der Waals surface area contributed by atoms with Crippen molar-refractivity contribution in [3.63, 3.8) is 0 Å². The van der Waals surface area contributed by atoms with Crippen molar-refractivity contribution in [1.82, 2.24) is 0 Å². The Morgan fingerprint density at radius 1 is 0.688 bits per heavy atom. The fourth-order valence-corrected chi connectivity index (χ4v) is 1.48. The van der Waals surface area contributed by atoms with Gasteiger partial charge in [0, 0.05) is 18.4 Å². The van der Waals surface area contributed by atoms with E-state index in [-0.39, 0.29) is 11.6 Å². The number of hydrogen-bond acceptors (Lipinski definition) is 1. The van der Waals surface area contributed by atoms with E-state index in [4.69, 9.17) is 0 Å². The van der Waals surface area contributed by atoms with Crippen LogP contribution in [0.1, 0.15) is 0 Å². The predicted molar refractivity (Wildman–Crippen MR) is 60.9 cm³/mol. The highest BCUT2D eigenvalue weighted by Gasteiger charge is 2.03. The van der Waals surface area contributed by atoms with Gasteiger partial charge in [0.1, 0.15) is 11.6 Å². The van der Waals surface area contributed by atoms with Crippen LogP contribution < -0.4 is 4.90 Å². The molecule has 0 aliphatic rings. The maximum Gasteiger partial charge on any atom is 0.123 e. The molecule has 0 bridgehead atoms. The molecule has 0 amide bonds. The molecule has 0 heterocycles. The standard InChI is InChI=1S/C13H11F2N/c1-16(12-6-2-10(14)3-7-12)13-8-4-11(15)5-9-13/h2-9H,1H3. The molecular formula is C13H11F2N. The number of nitrogens with zero attached hydrogens (tertiary/aromatic N) is 1. The molecule has 2 rings (SSSR count). The van der Waals surface area contributed by atoms with Gasteiger partial charge in [-0.25, -0.2) is 8.78 Å². The van der Waals surface area contributed by atoms with Crippen LogP contribution in [0.5, 0.6) is 0 Å². The molecule has 0 saturated carbocycles. The Morgan fingerprint density at radius 2 is 1.00 bits per heavy atom. The molecule has 82 valence electrons. The lowest BCUT2D eigenvalue weighted by Gasteiger charge is -2.19. The third-order valence-electron chi connectivity index (χ3n) is 2.43. The smallest absolute Gasteiger partial charge is 0.123 e. The van der Waals surface area contributed by atoms with Crippen molar-refractivity contribution in [2.75, 3.05) is 11.9 Å². The molecule has 0 aliphatic carbocycles. The van der Waals surface area contributed by atoms with Crippen molar-refractivity contribution < 1.29 is 8.78 Å². The maximum absolute atomic E-state index is 12.7. The Kier molecular flexibility index (Phi) is 2.86. The molecule has 1 nitrogen and oxygen atoms in total. The second-order valence-corrected chi connectivity index (χ2v) is 3.51. The lowest BCUT2D eigenvalue weighted by molar-refractivity contribution is 0.628. The van der Waals surface area contributed by atoms with Gasteiger partial charge < -0.3 is 4.90 Å². The molecule has 0 atom stereocenters. The molecule has 3 heteroatoms. The van der Waals surface area contributed by atoms with Gasteiger partial charge in [0.05, 0.1) is 0 Å². The summed E-state index contributed by atoms with van der Waals surface area (Å²) in [4.78, 5) is 1.86. The summed E-state index contributed by atoms with van der Waals surface area (Å²) in [5, 5.41) is 0. The van der Waals surface area contributed by atoms with Crippen LogP contribution in [0.2, 0.25) is 0 Å². The summed E-state index contributed by atoms with van der Waals surface area (Å²) in [5.41, 5.74) is 1.71. The Labute approximate surface area is 92.9 Å². The fraction of sp³-hybridized carbons (Fsp3) is 0.0769. The molecule has 0 aliphatic heterocycles.